The molecule has 5 N–H and O–H groups in total. The van der Waals surface area contributed by atoms with Gasteiger partial charge < -0.3 is 21.7 Å². The first-order valence-electron chi connectivity index (χ1n) is 12.1. The van der Waals surface area contributed by atoms with Gasteiger partial charge in [-0.1, -0.05) is 67.1 Å². The number of carbonyl (C=O) groups excluding carboxylic acids is 1. The molecule has 0 aromatic heterocycles. The summed E-state index contributed by atoms with van der Waals surface area (Å²) in [6.07, 6.45) is 15.1. The summed E-state index contributed by atoms with van der Waals surface area (Å²) in [5.41, 5.74) is 8.87. The highest BCUT2D eigenvalue weighted by atomic mass is 35.5. The first-order valence-corrected chi connectivity index (χ1v) is 12.9. The Labute approximate surface area is 213 Å². The van der Waals surface area contributed by atoms with E-state index >= 15 is 0 Å². The van der Waals surface area contributed by atoms with Gasteiger partial charge in [0.25, 0.3) is 0 Å². The lowest BCUT2D eigenvalue weighted by Crippen LogP contribution is -2.40. The maximum Gasteiger partial charge on any atom is 0.319 e. The number of nitrogens with one attached hydrogen (secondary N) is 3. The van der Waals surface area contributed by atoms with Gasteiger partial charge in [0.05, 0.1) is 5.38 Å². The van der Waals surface area contributed by atoms with Crippen LogP contribution in [-0.4, -0.2) is 37.6 Å². The molecule has 0 saturated carbocycles. The third kappa shape index (κ3) is 8.02. The largest absolute Gasteiger partial charge is 0.337 e. The van der Waals surface area contributed by atoms with Crippen molar-refractivity contribution < 1.29 is 4.79 Å². The Morgan fingerprint density at radius 2 is 2.12 bits per heavy atom. The van der Waals surface area contributed by atoms with Crippen molar-refractivity contribution in [3.63, 3.8) is 0 Å². The number of urea groups is 1. The molecule has 0 spiro atoms. The molecule has 0 fully saturated rings. The van der Waals surface area contributed by atoms with Gasteiger partial charge in [-0.3, -0.25) is 0 Å². The highest BCUT2D eigenvalue weighted by Crippen LogP contribution is 2.29. The van der Waals surface area contributed by atoms with E-state index in [1.165, 1.54) is 11.1 Å². The van der Waals surface area contributed by atoms with Crippen molar-refractivity contribution in [3.8, 4) is 0 Å². The minimum absolute atomic E-state index is 0.0215. The standard InChI is InChI=1S/C27H36Cl2N4O/c1-19-25(29)16-24(28)17-26(19)33-27(34)32-18-23(11-14-31-13-6-12-30)22-10-5-9-21(15-22)20-7-3-2-4-8-20/h2-5,7,9-10,15-17,19-20,23,25,31H,6,8,11-14,18,30H2,1H3,(H2,32,33,34). The van der Waals surface area contributed by atoms with Crippen molar-refractivity contribution >= 4 is 29.2 Å². The number of benzene rings is 1. The topological polar surface area (TPSA) is 79.2 Å². The van der Waals surface area contributed by atoms with E-state index in [9.17, 15) is 4.79 Å². The Kier molecular flexibility index (Phi) is 10.7. The van der Waals surface area contributed by atoms with Crippen molar-refractivity contribution in [1.29, 1.82) is 0 Å². The summed E-state index contributed by atoms with van der Waals surface area (Å²) in [5, 5.41) is 9.76. The van der Waals surface area contributed by atoms with Gasteiger partial charge in [-0.25, -0.2) is 4.79 Å². The van der Waals surface area contributed by atoms with Crippen molar-refractivity contribution in [1.82, 2.24) is 16.0 Å². The van der Waals surface area contributed by atoms with Gasteiger partial charge in [-0.05, 0) is 62.2 Å². The Hall–Kier alpha value is -2.05. The summed E-state index contributed by atoms with van der Waals surface area (Å²) in [6, 6.07) is 8.50. The third-order valence-electron chi connectivity index (χ3n) is 6.37. The first kappa shape index (κ1) is 26.6. The number of allylic oxidation sites excluding steroid dienone is 8. The maximum absolute atomic E-state index is 12.7. The Bertz CT molecular complexity index is 940. The van der Waals surface area contributed by atoms with Gasteiger partial charge in [0.1, 0.15) is 0 Å². The van der Waals surface area contributed by atoms with Crippen LogP contribution in [0.5, 0.6) is 0 Å². The average Bonchev–Trinajstić information content (AvgIpc) is 2.84. The van der Waals surface area contributed by atoms with Crippen LogP contribution < -0.4 is 21.7 Å². The van der Waals surface area contributed by atoms with Crippen molar-refractivity contribution in [3.05, 3.63) is 82.6 Å². The van der Waals surface area contributed by atoms with Gasteiger partial charge in [0.15, 0.2) is 0 Å². The number of amides is 2. The van der Waals surface area contributed by atoms with Crippen LogP contribution >= 0.6 is 23.2 Å². The number of alkyl halides is 1. The molecule has 1 aromatic carbocycles. The molecule has 1 aromatic rings. The number of halogens is 2. The predicted molar refractivity (Wildman–Crippen MR) is 143 cm³/mol. The molecule has 0 aliphatic heterocycles. The van der Waals surface area contributed by atoms with E-state index in [-0.39, 0.29) is 23.2 Å². The van der Waals surface area contributed by atoms with Crippen LogP contribution in [0.4, 0.5) is 4.79 Å². The number of hydrogen-bond donors (Lipinski definition) is 4. The van der Waals surface area contributed by atoms with Crippen LogP contribution in [-0.2, 0) is 0 Å². The Morgan fingerprint density at radius 1 is 1.26 bits per heavy atom. The molecule has 4 unspecified atom stereocenters. The number of carbonyl (C=O) groups is 1. The molecule has 184 valence electrons. The van der Waals surface area contributed by atoms with Crippen LogP contribution in [0, 0.1) is 5.92 Å². The second-order valence-corrected chi connectivity index (χ2v) is 9.86. The summed E-state index contributed by atoms with van der Waals surface area (Å²) in [4.78, 5) is 12.7. The highest BCUT2D eigenvalue weighted by Gasteiger charge is 2.23. The Morgan fingerprint density at radius 3 is 2.88 bits per heavy atom. The lowest BCUT2D eigenvalue weighted by atomic mass is 9.88. The molecule has 0 saturated heterocycles. The van der Waals surface area contributed by atoms with Crippen LogP contribution in [0.3, 0.4) is 0 Å². The van der Waals surface area contributed by atoms with E-state index in [2.05, 4.69) is 64.5 Å². The van der Waals surface area contributed by atoms with Crippen LogP contribution in [0.15, 0.2) is 71.5 Å². The fourth-order valence-electron chi connectivity index (χ4n) is 4.22. The average molecular weight is 504 g/mol. The van der Waals surface area contributed by atoms with E-state index in [0.29, 0.717) is 24.0 Å². The summed E-state index contributed by atoms with van der Waals surface area (Å²) >= 11 is 12.5. The second kappa shape index (κ2) is 13.7. The molecule has 5 nitrogen and oxygen atoms in total. The molecular formula is C27H36Cl2N4O. The molecule has 34 heavy (non-hydrogen) atoms. The smallest absolute Gasteiger partial charge is 0.319 e. The second-order valence-electron chi connectivity index (χ2n) is 8.92. The maximum atomic E-state index is 12.7. The zero-order valence-electron chi connectivity index (χ0n) is 19.8. The lowest BCUT2D eigenvalue weighted by Gasteiger charge is -2.25. The number of nitrogens with two attached hydrogens (primary N) is 1. The van der Waals surface area contributed by atoms with Crippen molar-refractivity contribution in [2.24, 2.45) is 11.7 Å². The van der Waals surface area contributed by atoms with Crippen molar-refractivity contribution in [2.45, 2.75) is 43.4 Å². The van der Waals surface area contributed by atoms with E-state index < -0.39 is 0 Å². The number of rotatable bonds is 11. The summed E-state index contributed by atoms with van der Waals surface area (Å²) in [5.74, 6) is 0.554. The molecule has 3 rings (SSSR count). The molecule has 0 heterocycles. The van der Waals surface area contributed by atoms with E-state index in [1.807, 2.05) is 6.92 Å². The molecule has 4 atom stereocenters. The minimum atomic E-state index is -0.245. The quantitative estimate of drug-likeness (QED) is 0.246. The third-order valence-corrected chi connectivity index (χ3v) is 7.10. The summed E-state index contributed by atoms with van der Waals surface area (Å²) in [7, 11) is 0. The zero-order valence-corrected chi connectivity index (χ0v) is 21.3. The van der Waals surface area contributed by atoms with E-state index in [0.717, 1.165) is 38.0 Å². The monoisotopic (exact) mass is 502 g/mol. The molecule has 2 amide bonds. The van der Waals surface area contributed by atoms with Gasteiger partial charge in [-0.15, -0.1) is 11.6 Å². The SMILES string of the molecule is CC1C(NC(=O)NCC(CCNCCCN)c2cccc(C3C=CC=CC3)c2)=CC(Cl)=CC1Cl. The molecule has 7 heteroatoms. The van der Waals surface area contributed by atoms with E-state index in [4.69, 9.17) is 28.9 Å². The van der Waals surface area contributed by atoms with Gasteiger partial charge in [0, 0.05) is 35.0 Å². The van der Waals surface area contributed by atoms with Crippen molar-refractivity contribution in [2.75, 3.05) is 26.2 Å². The normalized spacial score (nSPS) is 22.6. The molecular weight excluding hydrogens is 467 g/mol. The fourth-order valence-corrected chi connectivity index (χ4v) is 4.81. The predicted octanol–water partition coefficient (Wildman–Crippen LogP) is 5.26. The molecule has 0 radical (unpaired) electrons. The highest BCUT2D eigenvalue weighted by molar-refractivity contribution is 6.32. The number of hydrogen-bond acceptors (Lipinski definition) is 3. The molecule has 2 aliphatic carbocycles. The first-order chi connectivity index (χ1) is 16.5. The zero-order chi connectivity index (χ0) is 24.3. The van der Waals surface area contributed by atoms with Crippen LogP contribution in [0.2, 0.25) is 0 Å². The molecule has 0 bridgehead atoms. The summed E-state index contributed by atoms with van der Waals surface area (Å²) < 4.78 is 0. The molecule has 2 aliphatic rings. The van der Waals surface area contributed by atoms with Crippen LogP contribution in [0.1, 0.15) is 49.1 Å². The minimum Gasteiger partial charge on any atom is -0.337 e. The summed E-state index contributed by atoms with van der Waals surface area (Å²) in [6.45, 7) is 4.95. The Balaban J connectivity index is 1.64. The van der Waals surface area contributed by atoms with Gasteiger partial charge in [-0.2, -0.15) is 0 Å². The van der Waals surface area contributed by atoms with Crippen LogP contribution in [0.25, 0.3) is 0 Å². The lowest BCUT2D eigenvalue weighted by molar-refractivity contribution is 0.241. The van der Waals surface area contributed by atoms with Gasteiger partial charge in [0.2, 0.25) is 0 Å². The van der Waals surface area contributed by atoms with Gasteiger partial charge >= 0.3 is 6.03 Å². The van der Waals surface area contributed by atoms with E-state index in [1.54, 1.807) is 12.2 Å². The fraction of sp³-hybridized carbons (Fsp3) is 0.444.